The molecule has 202 valence electrons. The molecule has 11 nitrogen and oxygen atoms in total. The molecule has 12 heteroatoms. The second-order valence-electron chi connectivity index (χ2n) is 9.06. The van der Waals surface area contributed by atoms with Gasteiger partial charge in [0.05, 0.1) is 17.7 Å². The van der Waals surface area contributed by atoms with Crippen molar-refractivity contribution in [2.75, 3.05) is 44.7 Å². The van der Waals surface area contributed by atoms with Gasteiger partial charge in [-0.15, -0.1) is 0 Å². The third-order valence-electron chi connectivity index (χ3n) is 6.78. The summed E-state index contributed by atoms with van der Waals surface area (Å²) < 4.78 is 16.4. The highest BCUT2D eigenvalue weighted by molar-refractivity contribution is 8.42. The van der Waals surface area contributed by atoms with Gasteiger partial charge in [0.1, 0.15) is 5.75 Å². The third kappa shape index (κ3) is 4.83. The molecule has 2 aromatic carbocycles. The molecule has 2 fully saturated rings. The zero-order valence-corrected chi connectivity index (χ0v) is 21.7. The molecule has 2 saturated heterocycles. The van der Waals surface area contributed by atoms with E-state index in [2.05, 4.69) is 14.8 Å². The van der Waals surface area contributed by atoms with E-state index in [1.807, 2.05) is 54.6 Å². The first-order valence-corrected chi connectivity index (χ1v) is 13.7. The first-order chi connectivity index (χ1) is 18.3. The summed E-state index contributed by atoms with van der Waals surface area (Å²) in [5.74, 6) is -1.56. The van der Waals surface area contributed by atoms with E-state index in [1.165, 1.54) is 0 Å². The van der Waals surface area contributed by atoms with E-state index in [0.717, 1.165) is 43.2 Å². The summed E-state index contributed by atoms with van der Waals surface area (Å²) in [7, 11) is -1.66. The van der Waals surface area contributed by atoms with Crippen LogP contribution in [0.2, 0.25) is 0 Å². The van der Waals surface area contributed by atoms with Crippen molar-refractivity contribution in [2.24, 2.45) is 10.7 Å². The van der Waals surface area contributed by atoms with Crippen LogP contribution in [0, 0.1) is 0 Å². The fourth-order valence-electron chi connectivity index (χ4n) is 4.63. The van der Waals surface area contributed by atoms with Gasteiger partial charge in [0.25, 0.3) is 0 Å². The van der Waals surface area contributed by atoms with E-state index >= 15 is 0 Å². The Hall–Kier alpha value is -3.58. The fraction of sp³-hybridized carbons (Fsp3) is 0.346. The van der Waals surface area contributed by atoms with E-state index in [0.29, 0.717) is 23.6 Å². The van der Waals surface area contributed by atoms with Crippen LogP contribution in [0.3, 0.4) is 0 Å². The standard InChI is InChI=1S/C26H30N4O7S/c1-35-19-9-7-18(8-10-19)30-15-13-29(14-16-30)12-11-20-21(17-5-3-2-4-6-17)28-26(27)38(20)36-24(33)22(31)23(32)25(34)37-38/h2-10,22-23,31-32H,11-16H2,1H3,(H2,27,28). The molecule has 3 aliphatic rings. The molecule has 2 aromatic rings. The summed E-state index contributed by atoms with van der Waals surface area (Å²) in [5.41, 5.74) is 8.56. The number of amidine groups is 1. The predicted octanol–water partition coefficient (Wildman–Crippen LogP) is 1.36. The molecule has 1 spiro atoms. The summed E-state index contributed by atoms with van der Waals surface area (Å²) in [6.07, 6.45) is -3.80. The molecule has 0 bridgehead atoms. The van der Waals surface area contributed by atoms with Crippen molar-refractivity contribution >= 4 is 39.1 Å². The molecule has 5 rings (SSSR count). The Morgan fingerprint density at radius 1 is 0.974 bits per heavy atom. The van der Waals surface area contributed by atoms with Crippen LogP contribution in [0.25, 0.3) is 5.70 Å². The maximum Gasteiger partial charge on any atom is 0.361 e. The number of benzene rings is 2. The minimum Gasteiger partial charge on any atom is -0.497 e. The van der Waals surface area contributed by atoms with Crippen LogP contribution in [0.5, 0.6) is 5.75 Å². The van der Waals surface area contributed by atoms with Gasteiger partial charge in [0.15, 0.2) is 12.2 Å². The van der Waals surface area contributed by atoms with Gasteiger partial charge in [-0.05, 0) is 34.9 Å². The summed E-state index contributed by atoms with van der Waals surface area (Å²) in [6.45, 7) is 3.77. The van der Waals surface area contributed by atoms with E-state index < -0.39 is 34.7 Å². The Balaban J connectivity index is 1.37. The Labute approximate surface area is 221 Å². The smallest absolute Gasteiger partial charge is 0.361 e. The highest BCUT2D eigenvalue weighted by atomic mass is 32.3. The first kappa shape index (κ1) is 26.0. The Bertz CT molecular complexity index is 1240. The van der Waals surface area contributed by atoms with Crippen LogP contribution in [-0.2, 0) is 18.0 Å². The van der Waals surface area contributed by atoms with Crippen LogP contribution in [0.4, 0.5) is 5.69 Å². The molecule has 0 saturated carbocycles. The van der Waals surface area contributed by atoms with Gasteiger partial charge in [-0.1, -0.05) is 30.3 Å². The zero-order chi connectivity index (χ0) is 26.9. The van der Waals surface area contributed by atoms with E-state index in [9.17, 15) is 19.8 Å². The maximum absolute atomic E-state index is 12.6. The van der Waals surface area contributed by atoms with E-state index in [4.69, 9.17) is 18.8 Å². The minimum absolute atomic E-state index is 0.168. The number of piperazine rings is 1. The van der Waals surface area contributed by atoms with Gasteiger partial charge in [-0.2, -0.15) is 0 Å². The number of rotatable bonds is 6. The fourth-order valence-corrected chi connectivity index (χ4v) is 6.94. The number of aliphatic hydroxyl groups excluding tert-OH is 2. The van der Waals surface area contributed by atoms with Crippen molar-refractivity contribution in [3.8, 4) is 5.75 Å². The summed E-state index contributed by atoms with van der Waals surface area (Å²) in [5, 5.41) is 19.9. The number of methoxy groups -OCH3 is 1. The van der Waals surface area contributed by atoms with Gasteiger partial charge in [0.2, 0.25) is 5.17 Å². The van der Waals surface area contributed by atoms with Crippen LogP contribution in [0.15, 0.2) is 64.5 Å². The lowest BCUT2D eigenvalue weighted by Crippen LogP contribution is -2.46. The second-order valence-corrected chi connectivity index (χ2v) is 11.3. The van der Waals surface area contributed by atoms with Crippen molar-refractivity contribution in [3.05, 3.63) is 65.1 Å². The van der Waals surface area contributed by atoms with Crippen molar-refractivity contribution in [1.29, 1.82) is 0 Å². The van der Waals surface area contributed by atoms with Gasteiger partial charge in [-0.25, -0.2) is 14.6 Å². The number of aliphatic imine (C=N–C) groups is 1. The maximum atomic E-state index is 12.6. The minimum atomic E-state index is -3.30. The monoisotopic (exact) mass is 542 g/mol. The van der Waals surface area contributed by atoms with Crippen LogP contribution in [-0.4, -0.2) is 84.3 Å². The lowest BCUT2D eigenvalue weighted by Gasteiger charge is -2.39. The number of nitrogens with zero attached hydrogens (tertiary/aromatic N) is 3. The lowest BCUT2D eigenvalue weighted by atomic mass is 10.1. The number of anilines is 1. The Morgan fingerprint density at radius 3 is 2.16 bits per heavy atom. The number of hydrogen-bond acceptors (Lipinski definition) is 11. The van der Waals surface area contributed by atoms with Crippen molar-refractivity contribution in [1.82, 2.24) is 4.90 Å². The van der Waals surface area contributed by atoms with Crippen molar-refractivity contribution in [3.63, 3.8) is 0 Å². The SMILES string of the molecule is COc1ccc(N2CCN(CCC3=C(c4ccccc4)N=C(N)S34OC(=O)C(O)C(O)C(=O)O4)CC2)cc1. The second kappa shape index (κ2) is 10.7. The number of carbonyl (C=O) groups is 2. The molecule has 2 atom stereocenters. The molecule has 3 heterocycles. The summed E-state index contributed by atoms with van der Waals surface area (Å²) >= 11 is 0. The van der Waals surface area contributed by atoms with Gasteiger partial charge < -0.3 is 33.9 Å². The average molecular weight is 543 g/mol. The van der Waals surface area contributed by atoms with E-state index in [-0.39, 0.29) is 5.17 Å². The average Bonchev–Trinajstić information content (AvgIpc) is 3.17. The molecule has 3 aliphatic heterocycles. The molecular formula is C26H30N4O7S. The number of carbonyl (C=O) groups excluding carboxylic acids is 2. The van der Waals surface area contributed by atoms with Gasteiger partial charge in [0, 0.05) is 50.4 Å². The van der Waals surface area contributed by atoms with Crippen LogP contribution < -0.4 is 15.4 Å². The topological polar surface area (TPSA) is 147 Å². The molecule has 0 aromatic heterocycles. The number of ether oxygens (including phenoxy) is 1. The molecular weight excluding hydrogens is 512 g/mol. The highest BCUT2D eigenvalue weighted by Crippen LogP contribution is 2.65. The summed E-state index contributed by atoms with van der Waals surface area (Å²) in [6, 6.07) is 17.2. The largest absolute Gasteiger partial charge is 0.497 e. The van der Waals surface area contributed by atoms with E-state index in [1.54, 1.807) is 7.11 Å². The Morgan fingerprint density at radius 2 is 1.58 bits per heavy atom. The van der Waals surface area contributed by atoms with Crippen molar-refractivity contribution < 1.29 is 32.9 Å². The predicted molar refractivity (Wildman–Crippen MR) is 143 cm³/mol. The first-order valence-electron chi connectivity index (χ1n) is 12.2. The molecule has 0 aliphatic carbocycles. The van der Waals surface area contributed by atoms with Gasteiger partial charge >= 0.3 is 11.9 Å². The van der Waals surface area contributed by atoms with Crippen molar-refractivity contribution in [2.45, 2.75) is 18.6 Å². The number of aliphatic hydroxyl groups is 2. The van der Waals surface area contributed by atoms with Gasteiger partial charge in [-0.3, -0.25) is 4.90 Å². The normalized spacial score (nSPS) is 27.9. The zero-order valence-electron chi connectivity index (χ0n) is 20.9. The molecule has 2 unspecified atom stereocenters. The number of hydrogen-bond donors (Lipinski definition) is 3. The van der Waals surface area contributed by atoms with Crippen LogP contribution in [0.1, 0.15) is 12.0 Å². The molecule has 0 amide bonds. The summed E-state index contributed by atoms with van der Waals surface area (Å²) in [4.78, 5) is 34.7. The highest BCUT2D eigenvalue weighted by Gasteiger charge is 2.51. The third-order valence-corrected chi connectivity index (χ3v) is 9.27. The molecule has 0 radical (unpaired) electrons. The Kier molecular flexibility index (Phi) is 7.30. The quantitative estimate of drug-likeness (QED) is 0.489. The number of nitrogens with two attached hydrogens (primary N) is 1. The molecule has 38 heavy (non-hydrogen) atoms. The molecule has 4 N–H and O–H groups in total. The van der Waals surface area contributed by atoms with Crippen LogP contribution >= 0.6 is 10.6 Å². The lowest BCUT2D eigenvalue weighted by molar-refractivity contribution is -0.156.